The van der Waals surface area contributed by atoms with Crippen molar-refractivity contribution < 1.29 is 0 Å². The number of halogens is 2. The molecule has 1 saturated heterocycles. The molecule has 0 radical (unpaired) electrons. The van der Waals surface area contributed by atoms with E-state index in [0.29, 0.717) is 6.04 Å². The van der Waals surface area contributed by atoms with Crippen LogP contribution >= 0.6 is 36.2 Å². The maximum Gasteiger partial charge on any atom is 0.0414 e. The average molecular weight is 283 g/mol. The third-order valence-corrected chi connectivity index (χ3v) is 4.04. The van der Waals surface area contributed by atoms with E-state index >= 15 is 0 Å². The highest BCUT2D eigenvalue weighted by molar-refractivity contribution is 7.12. The summed E-state index contributed by atoms with van der Waals surface area (Å²) in [7, 11) is 0. The summed E-state index contributed by atoms with van der Waals surface area (Å²) in [4.78, 5) is 5.48. The highest BCUT2D eigenvalue weighted by atomic mass is 35.5. The predicted molar refractivity (Wildman–Crippen MR) is 76.4 cm³/mol. The molecule has 0 saturated carbocycles. The molecule has 2 nitrogen and oxygen atoms in total. The van der Waals surface area contributed by atoms with Crippen molar-refractivity contribution in [3.05, 3.63) is 21.9 Å². The van der Waals surface area contributed by atoms with Crippen LogP contribution in [0.15, 0.2) is 12.1 Å². The molecule has 1 aromatic rings. The van der Waals surface area contributed by atoms with Gasteiger partial charge in [-0.3, -0.25) is 4.90 Å². The summed E-state index contributed by atoms with van der Waals surface area (Å²) in [6.07, 6.45) is 0. The molecule has 2 heterocycles. The quantitative estimate of drug-likeness (QED) is 0.898. The number of hydrogen-bond acceptors (Lipinski definition) is 3. The molecular weight excluding hydrogens is 263 g/mol. The molecular formula is C11H20Cl2N2S. The molecule has 0 amide bonds. The second-order valence-electron chi connectivity index (χ2n) is 3.91. The van der Waals surface area contributed by atoms with Crippen LogP contribution in [0, 0.1) is 6.92 Å². The van der Waals surface area contributed by atoms with Crippen LogP contribution in [0.1, 0.15) is 22.7 Å². The fourth-order valence-electron chi connectivity index (χ4n) is 1.93. The fraction of sp³-hybridized carbons (Fsp3) is 0.636. The Labute approximate surface area is 114 Å². The van der Waals surface area contributed by atoms with Crippen LogP contribution in [-0.4, -0.2) is 31.1 Å². The van der Waals surface area contributed by atoms with Gasteiger partial charge in [0.25, 0.3) is 0 Å². The predicted octanol–water partition coefficient (Wildman–Crippen LogP) is 2.87. The Morgan fingerprint density at radius 1 is 1.25 bits per heavy atom. The van der Waals surface area contributed by atoms with Crippen LogP contribution < -0.4 is 5.32 Å². The van der Waals surface area contributed by atoms with Gasteiger partial charge in [0.2, 0.25) is 0 Å². The van der Waals surface area contributed by atoms with E-state index in [1.165, 1.54) is 22.8 Å². The first kappa shape index (κ1) is 16.2. The Morgan fingerprint density at radius 2 is 1.88 bits per heavy atom. The van der Waals surface area contributed by atoms with Gasteiger partial charge in [0.1, 0.15) is 0 Å². The van der Waals surface area contributed by atoms with Gasteiger partial charge in [-0.25, -0.2) is 0 Å². The van der Waals surface area contributed by atoms with Crippen LogP contribution in [0.4, 0.5) is 0 Å². The Hall–Kier alpha value is 0.200. The number of nitrogens with zero attached hydrogens (tertiary/aromatic N) is 1. The second kappa shape index (κ2) is 7.51. The molecule has 0 aliphatic carbocycles. The largest absolute Gasteiger partial charge is 0.314 e. The van der Waals surface area contributed by atoms with E-state index in [4.69, 9.17) is 0 Å². The molecule has 16 heavy (non-hydrogen) atoms. The molecule has 0 spiro atoms. The van der Waals surface area contributed by atoms with Crippen LogP contribution in [0.2, 0.25) is 0 Å². The smallest absolute Gasteiger partial charge is 0.0414 e. The molecule has 0 aromatic carbocycles. The standard InChI is InChI=1S/C11H18N2S.2ClH/c1-9-3-4-11(14-9)10(2)13-7-5-12-6-8-13;;/h3-4,10,12H,5-8H2,1-2H3;2*1H/t10-;;/m0../s1. The lowest BCUT2D eigenvalue weighted by Crippen LogP contribution is -2.44. The lowest BCUT2D eigenvalue weighted by atomic mass is 10.2. The second-order valence-corrected chi connectivity index (χ2v) is 5.23. The van der Waals surface area contributed by atoms with Crippen LogP contribution in [0.25, 0.3) is 0 Å². The first-order chi connectivity index (χ1) is 6.77. The molecule has 94 valence electrons. The molecule has 5 heteroatoms. The van der Waals surface area contributed by atoms with Crippen molar-refractivity contribution in [3.8, 4) is 0 Å². The Morgan fingerprint density at radius 3 is 2.38 bits per heavy atom. The lowest BCUT2D eigenvalue weighted by molar-refractivity contribution is 0.188. The van der Waals surface area contributed by atoms with Gasteiger partial charge >= 0.3 is 0 Å². The Balaban J connectivity index is 0.00000112. The molecule has 1 atom stereocenters. The van der Waals surface area contributed by atoms with Crippen molar-refractivity contribution in [2.45, 2.75) is 19.9 Å². The third kappa shape index (κ3) is 3.90. The monoisotopic (exact) mass is 282 g/mol. The maximum absolute atomic E-state index is 3.39. The lowest BCUT2D eigenvalue weighted by Gasteiger charge is -2.32. The van der Waals surface area contributed by atoms with Crippen molar-refractivity contribution in [1.82, 2.24) is 10.2 Å². The van der Waals surface area contributed by atoms with E-state index < -0.39 is 0 Å². The van der Waals surface area contributed by atoms with E-state index in [0.717, 1.165) is 13.1 Å². The van der Waals surface area contributed by atoms with Crippen molar-refractivity contribution in [1.29, 1.82) is 0 Å². The molecule has 1 aliphatic rings. The number of piperazine rings is 1. The molecule has 1 aliphatic heterocycles. The summed E-state index contributed by atoms with van der Waals surface area (Å²) in [5.41, 5.74) is 0. The highest BCUT2D eigenvalue weighted by Crippen LogP contribution is 2.27. The van der Waals surface area contributed by atoms with Crippen molar-refractivity contribution in [2.24, 2.45) is 0 Å². The summed E-state index contributed by atoms with van der Waals surface area (Å²) in [5, 5.41) is 3.39. The van der Waals surface area contributed by atoms with Gasteiger partial charge in [-0.15, -0.1) is 36.2 Å². The number of thiophene rings is 1. The number of hydrogen-bond donors (Lipinski definition) is 1. The maximum atomic E-state index is 3.39. The minimum Gasteiger partial charge on any atom is -0.314 e. The first-order valence-corrected chi connectivity index (χ1v) is 6.10. The Kier molecular flexibility index (Phi) is 7.61. The van der Waals surface area contributed by atoms with Crippen molar-refractivity contribution in [3.63, 3.8) is 0 Å². The molecule has 1 aromatic heterocycles. The van der Waals surface area contributed by atoms with Gasteiger partial charge in [0.05, 0.1) is 0 Å². The van der Waals surface area contributed by atoms with E-state index in [-0.39, 0.29) is 24.8 Å². The zero-order valence-electron chi connectivity index (χ0n) is 9.73. The average Bonchev–Trinajstić information content (AvgIpc) is 2.65. The van der Waals surface area contributed by atoms with Crippen molar-refractivity contribution in [2.75, 3.05) is 26.2 Å². The molecule has 1 fully saturated rings. The Bertz CT molecular complexity index is 298. The third-order valence-electron chi connectivity index (χ3n) is 2.87. The van der Waals surface area contributed by atoms with E-state index in [2.05, 4.69) is 36.2 Å². The number of rotatable bonds is 2. The molecule has 0 bridgehead atoms. The summed E-state index contributed by atoms with van der Waals surface area (Å²) < 4.78 is 0. The van der Waals surface area contributed by atoms with Crippen molar-refractivity contribution >= 4 is 36.2 Å². The van der Waals surface area contributed by atoms with E-state index in [9.17, 15) is 0 Å². The van der Waals surface area contributed by atoms with Gasteiger partial charge in [0.15, 0.2) is 0 Å². The highest BCUT2D eigenvalue weighted by Gasteiger charge is 2.18. The first-order valence-electron chi connectivity index (χ1n) is 5.28. The summed E-state index contributed by atoms with van der Waals surface area (Å²) in [6.45, 7) is 9.12. The topological polar surface area (TPSA) is 15.3 Å². The molecule has 0 unspecified atom stereocenters. The van der Waals surface area contributed by atoms with E-state index in [1.807, 2.05) is 11.3 Å². The van der Waals surface area contributed by atoms with Gasteiger partial charge in [-0.2, -0.15) is 0 Å². The zero-order chi connectivity index (χ0) is 9.97. The molecule has 1 N–H and O–H groups in total. The van der Waals surface area contributed by atoms with E-state index in [1.54, 1.807) is 0 Å². The van der Waals surface area contributed by atoms with Crippen LogP contribution in [0.3, 0.4) is 0 Å². The SMILES string of the molecule is Cc1ccc([C@H](C)N2CCNCC2)s1.Cl.Cl. The minimum absolute atomic E-state index is 0. The van der Waals surface area contributed by atoms with Crippen LogP contribution in [0.5, 0.6) is 0 Å². The zero-order valence-corrected chi connectivity index (χ0v) is 12.2. The van der Waals surface area contributed by atoms with Gasteiger partial charge in [0, 0.05) is 42.0 Å². The fourth-order valence-corrected chi connectivity index (χ4v) is 2.89. The molecule has 2 rings (SSSR count). The minimum atomic E-state index is 0. The normalized spacial score (nSPS) is 18.4. The summed E-state index contributed by atoms with van der Waals surface area (Å²) in [6, 6.07) is 5.08. The van der Waals surface area contributed by atoms with Gasteiger partial charge in [-0.1, -0.05) is 0 Å². The summed E-state index contributed by atoms with van der Waals surface area (Å²) in [5.74, 6) is 0. The van der Waals surface area contributed by atoms with Gasteiger partial charge < -0.3 is 5.32 Å². The van der Waals surface area contributed by atoms with Gasteiger partial charge in [-0.05, 0) is 26.0 Å². The van der Waals surface area contributed by atoms with Crippen LogP contribution in [-0.2, 0) is 0 Å². The number of nitrogens with one attached hydrogen (secondary N) is 1. The summed E-state index contributed by atoms with van der Waals surface area (Å²) >= 11 is 1.93. The number of aryl methyl sites for hydroxylation is 1.